The number of aromatic nitrogens is 2. The second-order valence-electron chi connectivity index (χ2n) is 4.95. The molecule has 0 saturated carbocycles. The predicted octanol–water partition coefficient (Wildman–Crippen LogP) is 0.394. The van der Waals surface area contributed by atoms with Gasteiger partial charge in [0, 0.05) is 26.1 Å². The fourth-order valence-corrected chi connectivity index (χ4v) is 2.14. The molecule has 2 rings (SSSR count). The van der Waals surface area contributed by atoms with Gasteiger partial charge in [-0.05, 0) is 14.1 Å². The number of aryl methyl sites for hydroxylation is 1. The number of morpholine rings is 1. The van der Waals surface area contributed by atoms with Crippen molar-refractivity contribution in [2.45, 2.75) is 26.0 Å². The molecule has 0 aliphatic carbocycles. The van der Waals surface area contributed by atoms with E-state index in [0.29, 0.717) is 5.89 Å². The Morgan fingerprint density at radius 1 is 1.44 bits per heavy atom. The molecule has 1 saturated heterocycles. The summed E-state index contributed by atoms with van der Waals surface area (Å²) < 4.78 is 10.9. The largest absolute Gasteiger partial charge is 0.374 e. The number of ether oxygens (including phenoxy) is 1. The van der Waals surface area contributed by atoms with Gasteiger partial charge in [-0.15, -0.1) is 0 Å². The summed E-state index contributed by atoms with van der Waals surface area (Å²) in [6.07, 6.45) is 1.06. The highest BCUT2D eigenvalue weighted by atomic mass is 16.5. The number of hydrogen-bond acceptors (Lipinski definition) is 6. The number of likely N-dealkylation sites (N-methyl/N-ethyl adjacent to an activating group) is 1. The van der Waals surface area contributed by atoms with Crippen LogP contribution in [0, 0.1) is 0 Å². The minimum absolute atomic E-state index is 0.270. The molecule has 0 spiro atoms. The number of nitrogens with zero attached hydrogens (tertiary/aromatic N) is 4. The van der Waals surface area contributed by atoms with E-state index in [0.717, 1.165) is 45.0 Å². The molecule has 0 radical (unpaired) electrons. The summed E-state index contributed by atoms with van der Waals surface area (Å²) in [7, 11) is 4.13. The molecular weight excluding hydrogens is 232 g/mol. The quantitative estimate of drug-likeness (QED) is 0.758. The maximum Gasteiger partial charge on any atom is 0.226 e. The molecule has 18 heavy (non-hydrogen) atoms. The lowest BCUT2D eigenvalue weighted by atomic mass is 10.2. The van der Waals surface area contributed by atoms with Gasteiger partial charge in [-0.2, -0.15) is 4.98 Å². The van der Waals surface area contributed by atoms with E-state index < -0.39 is 0 Å². The van der Waals surface area contributed by atoms with Gasteiger partial charge >= 0.3 is 0 Å². The molecule has 0 N–H and O–H groups in total. The fraction of sp³-hybridized carbons (Fsp3) is 0.833. The lowest BCUT2D eigenvalue weighted by Crippen LogP contribution is -2.46. The Labute approximate surface area is 108 Å². The molecule has 0 bridgehead atoms. The van der Waals surface area contributed by atoms with Gasteiger partial charge < -0.3 is 14.2 Å². The van der Waals surface area contributed by atoms with Crippen molar-refractivity contribution in [2.75, 3.05) is 40.3 Å². The summed E-state index contributed by atoms with van der Waals surface area (Å²) in [5, 5.41) is 3.99. The monoisotopic (exact) mass is 254 g/mol. The molecule has 1 aliphatic heterocycles. The van der Waals surface area contributed by atoms with E-state index in [1.807, 2.05) is 6.92 Å². The van der Waals surface area contributed by atoms with Gasteiger partial charge in [-0.25, -0.2) is 0 Å². The van der Waals surface area contributed by atoms with Crippen LogP contribution < -0.4 is 0 Å². The molecular formula is C12H22N4O2. The third kappa shape index (κ3) is 3.76. The molecule has 6 heteroatoms. The van der Waals surface area contributed by atoms with Gasteiger partial charge in [0.2, 0.25) is 5.89 Å². The lowest BCUT2D eigenvalue weighted by Gasteiger charge is -2.33. The third-order valence-corrected chi connectivity index (χ3v) is 2.97. The number of rotatable bonds is 5. The minimum Gasteiger partial charge on any atom is -0.374 e. The lowest BCUT2D eigenvalue weighted by molar-refractivity contribution is -0.0414. The average Bonchev–Trinajstić information content (AvgIpc) is 2.76. The van der Waals surface area contributed by atoms with Crippen molar-refractivity contribution < 1.29 is 9.26 Å². The Bertz CT molecular complexity index is 367. The molecule has 0 amide bonds. The molecule has 1 aromatic heterocycles. The van der Waals surface area contributed by atoms with E-state index in [1.165, 1.54) is 0 Å². The van der Waals surface area contributed by atoms with Crippen molar-refractivity contribution in [1.29, 1.82) is 0 Å². The predicted molar refractivity (Wildman–Crippen MR) is 67.2 cm³/mol. The van der Waals surface area contributed by atoms with Gasteiger partial charge in [0.15, 0.2) is 5.82 Å². The first-order valence-corrected chi connectivity index (χ1v) is 6.47. The van der Waals surface area contributed by atoms with Crippen molar-refractivity contribution in [2.24, 2.45) is 0 Å². The van der Waals surface area contributed by atoms with E-state index in [1.54, 1.807) is 0 Å². The second kappa shape index (κ2) is 6.26. The summed E-state index contributed by atoms with van der Waals surface area (Å²) >= 11 is 0. The standard InChI is InChI=1S/C12H22N4O2/c1-4-12-13-11(14-18-12)9-16-5-6-17-10(8-16)7-15(2)3/h10H,4-9H2,1-3H3/t10-/m0/s1. The second-order valence-corrected chi connectivity index (χ2v) is 4.95. The van der Waals surface area contributed by atoms with E-state index in [4.69, 9.17) is 9.26 Å². The summed E-state index contributed by atoms with van der Waals surface area (Å²) in [5.41, 5.74) is 0. The summed E-state index contributed by atoms with van der Waals surface area (Å²) in [6.45, 7) is 6.34. The van der Waals surface area contributed by atoms with Crippen LogP contribution in [0.2, 0.25) is 0 Å². The fourth-order valence-electron chi connectivity index (χ4n) is 2.14. The van der Waals surface area contributed by atoms with E-state index in [-0.39, 0.29) is 6.10 Å². The zero-order chi connectivity index (χ0) is 13.0. The van der Waals surface area contributed by atoms with Crippen molar-refractivity contribution in [1.82, 2.24) is 19.9 Å². The smallest absolute Gasteiger partial charge is 0.226 e. The highest BCUT2D eigenvalue weighted by Gasteiger charge is 2.22. The van der Waals surface area contributed by atoms with Gasteiger partial charge in [0.1, 0.15) is 0 Å². The van der Waals surface area contributed by atoms with E-state index in [9.17, 15) is 0 Å². The van der Waals surface area contributed by atoms with Crippen LogP contribution >= 0.6 is 0 Å². The Hall–Kier alpha value is -0.980. The molecule has 0 aromatic carbocycles. The topological polar surface area (TPSA) is 54.6 Å². The first-order chi connectivity index (χ1) is 8.67. The summed E-state index contributed by atoms with van der Waals surface area (Å²) in [6, 6.07) is 0. The van der Waals surface area contributed by atoms with Crippen LogP contribution in [-0.2, 0) is 17.7 Å². The van der Waals surface area contributed by atoms with E-state index in [2.05, 4.69) is 34.0 Å². The SMILES string of the molecule is CCc1nc(CN2CCO[C@@H](CN(C)C)C2)no1. The Morgan fingerprint density at radius 2 is 2.28 bits per heavy atom. The van der Waals surface area contributed by atoms with Crippen molar-refractivity contribution >= 4 is 0 Å². The Kier molecular flexibility index (Phi) is 4.68. The first-order valence-electron chi connectivity index (χ1n) is 6.47. The first kappa shape index (κ1) is 13.5. The number of hydrogen-bond donors (Lipinski definition) is 0. The van der Waals surface area contributed by atoms with Crippen LogP contribution in [0.1, 0.15) is 18.6 Å². The minimum atomic E-state index is 0.270. The third-order valence-electron chi connectivity index (χ3n) is 2.97. The highest BCUT2D eigenvalue weighted by molar-refractivity contribution is 4.87. The molecule has 1 fully saturated rings. The van der Waals surface area contributed by atoms with Crippen LogP contribution in [0.3, 0.4) is 0 Å². The summed E-state index contributed by atoms with van der Waals surface area (Å²) in [4.78, 5) is 8.81. The maximum atomic E-state index is 5.74. The molecule has 1 aliphatic rings. The molecule has 6 nitrogen and oxygen atoms in total. The molecule has 0 unspecified atom stereocenters. The van der Waals surface area contributed by atoms with Gasteiger partial charge in [0.05, 0.1) is 19.3 Å². The average molecular weight is 254 g/mol. The van der Waals surface area contributed by atoms with Gasteiger partial charge in [-0.1, -0.05) is 12.1 Å². The van der Waals surface area contributed by atoms with Crippen LogP contribution in [0.15, 0.2) is 4.52 Å². The van der Waals surface area contributed by atoms with Crippen molar-refractivity contribution in [3.05, 3.63) is 11.7 Å². The Morgan fingerprint density at radius 3 is 2.94 bits per heavy atom. The van der Waals surface area contributed by atoms with E-state index >= 15 is 0 Å². The van der Waals surface area contributed by atoms with Gasteiger partial charge in [0.25, 0.3) is 0 Å². The van der Waals surface area contributed by atoms with Crippen LogP contribution in [0.25, 0.3) is 0 Å². The Balaban J connectivity index is 1.85. The summed E-state index contributed by atoms with van der Waals surface area (Å²) in [5.74, 6) is 1.49. The van der Waals surface area contributed by atoms with Crippen LogP contribution in [0.5, 0.6) is 0 Å². The van der Waals surface area contributed by atoms with Crippen molar-refractivity contribution in [3.8, 4) is 0 Å². The van der Waals surface area contributed by atoms with Crippen LogP contribution in [0.4, 0.5) is 0 Å². The zero-order valence-corrected chi connectivity index (χ0v) is 11.4. The maximum absolute atomic E-state index is 5.74. The van der Waals surface area contributed by atoms with Gasteiger partial charge in [-0.3, -0.25) is 4.90 Å². The van der Waals surface area contributed by atoms with Crippen LogP contribution in [-0.4, -0.2) is 66.4 Å². The molecule has 102 valence electrons. The molecule has 2 heterocycles. The highest BCUT2D eigenvalue weighted by Crippen LogP contribution is 2.09. The molecule has 1 atom stereocenters. The normalized spacial score (nSPS) is 21.7. The zero-order valence-electron chi connectivity index (χ0n) is 11.4. The van der Waals surface area contributed by atoms with Crippen molar-refractivity contribution in [3.63, 3.8) is 0 Å². The molecule has 1 aromatic rings.